The average Bonchev–Trinajstić information content (AvgIpc) is 3.34. The first kappa shape index (κ1) is 43.0. The van der Waals surface area contributed by atoms with E-state index < -0.39 is 6.10 Å². The van der Waals surface area contributed by atoms with Crippen LogP contribution >= 0.6 is 0 Å². The van der Waals surface area contributed by atoms with Gasteiger partial charge in [-0.25, -0.2) is 0 Å². The summed E-state index contributed by atoms with van der Waals surface area (Å²) >= 11 is 0. The van der Waals surface area contributed by atoms with Gasteiger partial charge in [0.25, 0.3) is 0 Å². The van der Waals surface area contributed by atoms with Crippen molar-refractivity contribution >= 4 is 17.8 Å². The normalized spacial score (nSPS) is 37.6. The molecule has 52 heavy (non-hydrogen) atoms. The van der Waals surface area contributed by atoms with Crippen LogP contribution in [0.2, 0.25) is 0 Å². The summed E-state index contributed by atoms with van der Waals surface area (Å²) in [5.41, 5.74) is 11.0. The van der Waals surface area contributed by atoms with Crippen molar-refractivity contribution in [3.05, 3.63) is 0 Å². The van der Waals surface area contributed by atoms with Crippen LogP contribution in [0.4, 0.5) is 0 Å². The van der Waals surface area contributed by atoms with Gasteiger partial charge in [-0.05, 0) is 143 Å². The van der Waals surface area contributed by atoms with Gasteiger partial charge < -0.3 is 36.3 Å². The van der Waals surface area contributed by atoms with E-state index in [0.29, 0.717) is 44.3 Å². The summed E-state index contributed by atoms with van der Waals surface area (Å²) in [5, 5.41) is 15.8. The molecule has 4 aliphatic carbocycles. The van der Waals surface area contributed by atoms with E-state index in [1.54, 1.807) is 0 Å². The first-order valence-electron chi connectivity index (χ1n) is 21.0. The van der Waals surface area contributed by atoms with Crippen LogP contribution in [0.25, 0.3) is 0 Å². The lowest BCUT2D eigenvalue weighted by atomic mass is 9.36. The Morgan fingerprint density at radius 1 is 0.846 bits per heavy atom. The van der Waals surface area contributed by atoms with Crippen LogP contribution in [-0.2, 0) is 23.9 Å². The lowest BCUT2D eigenvalue weighted by Gasteiger charge is -2.69. The highest BCUT2D eigenvalue weighted by Crippen LogP contribution is 2.75. The lowest BCUT2D eigenvalue weighted by Crippen LogP contribution is -2.66. The summed E-state index contributed by atoms with van der Waals surface area (Å²) in [6.07, 6.45) is 9.41. The molecule has 4 rings (SSSR count). The van der Waals surface area contributed by atoms with Gasteiger partial charge in [0.05, 0.1) is 6.10 Å². The Balaban J connectivity index is 1.61. The smallest absolute Gasteiger partial charge is 0.302 e. The molecule has 0 aromatic carbocycles. The molecule has 10 heteroatoms. The molecule has 0 heterocycles. The number of nitrogens with two attached hydrogens (primary N) is 2. The minimum Gasteiger partial charge on any atom is -0.462 e. The Morgan fingerprint density at radius 3 is 2.06 bits per heavy atom. The molecular weight excluding hydrogens is 656 g/mol. The van der Waals surface area contributed by atoms with Crippen molar-refractivity contribution in [2.75, 3.05) is 39.3 Å². The number of nitrogens with one attached hydrogen (secondary N) is 1. The minimum absolute atomic E-state index is 0.0425. The topological polar surface area (TPSA) is 157 Å². The molecule has 4 aliphatic rings. The Kier molecular flexibility index (Phi) is 15.1. The summed E-state index contributed by atoms with van der Waals surface area (Å²) in [7, 11) is 0. The number of aliphatic hydroxyl groups excluding tert-OH is 1. The molecule has 6 N–H and O–H groups in total. The number of esters is 2. The van der Waals surface area contributed by atoms with E-state index in [1.807, 2.05) is 0 Å². The van der Waals surface area contributed by atoms with E-state index >= 15 is 0 Å². The zero-order chi connectivity index (χ0) is 38.4. The zero-order valence-corrected chi connectivity index (χ0v) is 34.1. The monoisotopic (exact) mass is 733 g/mol. The number of aliphatic hydroxyl groups is 1. The van der Waals surface area contributed by atoms with Crippen molar-refractivity contribution in [3.63, 3.8) is 0 Å². The highest BCUT2D eigenvalue weighted by Gasteiger charge is 2.72. The molecule has 4 saturated carbocycles. The Bertz CT molecular complexity index is 1190. The van der Waals surface area contributed by atoms with Crippen LogP contribution in [0, 0.1) is 57.7 Å². The van der Waals surface area contributed by atoms with E-state index in [2.05, 4.69) is 51.8 Å². The Hall–Kier alpha value is -1.75. The highest BCUT2D eigenvalue weighted by atomic mass is 16.5. The highest BCUT2D eigenvalue weighted by molar-refractivity contribution is 5.79. The van der Waals surface area contributed by atoms with Gasteiger partial charge in [-0.1, -0.05) is 54.4 Å². The molecule has 0 spiro atoms. The molecule has 0 radical (unpaired) electrons. The minimum atomic E-state index is -0.528. The van der Waals surface area contributed by atoms with Crippen molar-refractivity contribution < 1.29 is 29.0 Å². The van der Waals surface area contributed by atoms with Crippen LogP contribution in [-0.4, -0.2) is 85.4 Å². The van der Waals surface area contributed by atoms with Crippen molar-refractivity contribution in [2.45, 2.75) is 151 Å². The van der Waals surface area contributed by atoms with Crippen molar-refractivity contribution in [2.24, 2.45) is 69.1 Å². The Labute approximate surface area is 315 Å². The number of hydrogen-bond donors (Lipinski definition) is 4. The number of nitrogens with zero attached hydrogens (tertiary/aromatic N) is 1. The van der Waals surface area contributed by atoms with Crippen LogP contribution in [0.5, 0.6) is 0 Å². The summed E-state index contributed by atoms with van der Waals surface area (Å²) < 4.78 is 12.1. The molecule has 0 aromatic heterocycles. The second-order valence-corrected chi connectivity index (χ2v) is 18.6. The molecule has 0 aliphatic heterocycles. The van der Waals surface area contributed by atoms with Gasteiger partial charge >= 0.3 is 11.9 Å². The maximum atomic E-state index is 14.4. The van der Waals surface area contributed by atoms with Crippen LogP contribution in [0.1, 0.15) is 132 Å². The molecule has 10 nitrogen and oxygen atoms in total. The SMILES string of the molecule is CC(=O)O[C@H]1C[C@@]2(C)C(C[C@@H](O)C3[C@@]4(C)CC[C@@H](OC(C)=O)[C@@H](C)C4CC[C@@]32C)[C@@H]1[C@H](CCCC(C)C)C(=O)NCCCN(CCCN)CCCN. The molecule has 3 unspecified atom stereocenters. The van der Waals surface area contributed by atoms with Crippen LogP contribution < -0.4 is 16.8 Å². The second-order valence-electron chi connectivity index (χ2n) is 18.6. The summed E-state index contributed by atoms with van der Waals surface area (Å²) in [6.45, 7) is 21.5. The van der Waals surface area contributed by atoms with E-state index in [4.69, 9.17) is 20.9 Å². The van der Waals surface area contributed by atoms with Crippen LogP contribution in [0.3, 0.4) is 0 Å². The third kappa shape index (κ3) is 9.03. The van der Waals surface area contributed by atoms with Crippen molar-refractivity contribution in [3.8, 4) is 0 Å². The fourth-order valence-corrected chi connectivity index (χ4v) is 12.6. The fourth-order valence-electron chi connectivity index (χ4n) is 12.6. The first-order chi connectivity index (χ1) is 24.5. The summed E-state index contributed by atoms with van der Waals surface area (Å²) in [5.74, 6) is 0.260. The molecule has 1 amide bonds. The Morgan fingerprint density at radius 2 is 1.46 bits per heavy atom. The van der Waals surface area contributed by atoms with Crippen molar-refractivity contribution in [1.29, 1.82) is 0 Å². The molecule has 0 saturated heterocycles. The molecular formula is C42H76N4O6. The number of carbonyl (C=O) groups excluding carboxylic acids is 3. The van der Waals surface area contributed by atoms with E-state index in [0.717, 1.165) is 83.8 Å². The molecule has 4 fully saturated rings. The van der Waals surface area contributed by atoms with Gasteiger partial charge in [0.2, 0.25) is 5.91 Å². The van der Waals surface area contributed by atoms with Gasteiger partial charge in [-0.15, -0.1) is 0 Å². The molecule has 0 bridgehead atoms. The number of ether oxygens (including phenoxy) is 2. The number of carbonyl (C=O) groups is 3. The molecule has 300 valence electrons. The lowest BCUT2D eigenvalue weighted by molar-refractivity contribution is -0.241. The van der Waals surface area contributed by atoms with Gasteiger partial charge in [-0.2, -0.15) is 0 Å². The number of hydrogen-bond acceptors (Lipinski definition) is 9. The van der Waals surface area contributed by atoms with Crippen molar-refractivity contribution in [1.82, 2.24) is 10.2 Å². The maximum absolute atomic E-state index is 14.4. The third-order valence-electron chi connectivity index (χ3n) is 15.0. The van der Waals surface area contributed by atoms with E-state index in [1.165, 1.54) is 13.8 Å². The quantitative estimate of drug-likeness (QED) is 0.103. The number of amides is 1. The van der Waals surface area contributed by atoms with Crippen LogP contribution in [0.15, 0.2) is 0 Å². The van der Waals surface area contributed by atoms with Gasteiger partial charge in [0.15, 0.2) is 0 Å². The number of rotatable bonds is 18. The number of fused-ring (bicyclic) bond motifs is 5. The molecule has 12 atom stereocenters. The second kappa shape index (κ2) is 18.3. The standard InChI is InChI=1S/C42H76N4O6/c1-27(2)13-9-14-31(39(50)45-21-12-24-46(22-10-19-43)23-11-20-44)37-33-25-34(49)38-40(6)17-16-35(51-29(4)47)28(3)32(40)15-18-41(38,7)42(33,8)26-36(37)52-30(5)48/h27-28,31-38,49H,9-26,43-44H2,1-8H3,(H,45,50)/t28-,31-,32?,33?,34+,35+,36-,37-,38?,40-,41-,42-/m0/s1. The van der Waals surface area contributed by atoms with E-state index in [-0.39, 0.29) is 75.9 Å². The van der Waals surface area contributed by atoms with Gasteiger partial charge in [-0.3, -0.25) is 14.4 Å². The average molecular weight is 733 g/mol. The fraction of sp³-hybridized carbons (Fsp3) is 0.929. The largest absolute Gasteiger partial charge is 0.462 e. The predicted octanol–water partition coefficient (Wildman–Crippen LogP) is 5.67. The molecule has 0 aromatic rings. The third-order valence-corrected chi connectivity index (χ3v) is 15.0. The van der Waals surface area contributed by atoms with Gasteiger partial charge in [0.1, 0.15) is 12.2 Å². The predicted molar refractivity (Wildman–Crippen MR) is 206 cm³/mol. The summed E-state index contributed by atoms with van der Waals surface area (Å²) in [4.78, 5) is 41.6. The summed E-state index contributed by atoms with van der Waals surface area (Å²) in [6, 6.07) is 0. The van der Waals surface area contributed by atoms with Gasteiger partial charge in [0, 0.05) is 32.2 Å². The van der Waals surface area contributed by atoms with E-state index in [9.17, 15) is 19.5 Å². The first-order valence-corrected chi connectivity index (χ1v) is 21.0. The maximum Gasteiger partial charge on any atom is 0.302 e. The zero-order valence-electron chi connectivity index (χ0n) is 34.1.